The van der Waals surface area contributed by atoms with Crippen LogP contribution in [0.5, 0.6) is 23.0 Å². The lowest BCUT2D eigenvalue weighted by molar-refractivity contribution is 0.0948. The number of rotatable bonds is 13. The van der Waals surface area contributed by atoms with E-state index >= 15 is 0 Å². The topological polar surface area (TPSA) is 83.8 Å². The van der Waals surface area contributed by atoms with Crippen LogP contribution in [0.2, 0.25) is 0 Å². The van der Waals surface area contributed by atoms with Gasteiger partial charge in [-0.3, -0.25) is 4.79 Å². The molecule has 2 aromatic carbocycles. The van der Waals surface area contributed by atoms with Crippen molar-refractivity contribution in [1.29, 1.82) is 0 Å². The Balaban J connectivity index is 1.58. The normalized spacial score (nSPS) is 11.0. The molecule has 212 valence electrons. The van der Waals surface area contributed by atoms with Crippen LogP contribution in [0, 0.1) is 12.8 Å². The van der Waals surface area contributed by atoms with Crippen LogP contribution in [0.15, 0.2) is 53.9 Å². The molecule has 4 aromatic rings. The minimum absolute atomic E-state index is 0.0735. The molecule has 9 heteroatoms. The van der Waals surface area contributed by atoms with Gasteiger partial charge in [0, 0.05) is 24.2 Å². The fraction of sp³-hybridized carbons (Fsp3) is 0.355. The molecule has 0 unspecified atom stereocenters. The molecule has 4 rings (SSSR count). The Kier molecular flexibility index (Phi) is 9.71. The number of aryl methyl sites for hydroxylation is 1. The highest BCUT2D eigenvalue weighted by Crippen LogP contribution is 2.31. The Morgan fingerprint density at radius 3 is 2.38 bits per heavy atom. The number of nitrogens with one attached hydrogen (secondary N) is 1. The molecule has 8 nitrogen and oxygen atoms in total. The lowest BCUT2D eigenvalue weighted by Gasteiger charge is -2.13. The number of carbonyl (C=O) groups excluding carboxylic acids is 1. The minimum atomic E-state index is -0.0735. The van der Waals surface area contributed by atoms with Crippen LogP contribution >= 0.6 is 11.3 Å². The van der Waals surface area contributed by atoms with Gasteiger partial charge in [-0.1, -0.05) is 19.9 Å². The first-order valence-corrected chi connectivity index (χ1v) is 14.1. The zero-order valence-electron chi connectivity index (χ0n) is 23.9. The zero-order valence-corrected chi connectivity index (χ0v) is 24.8. The number of hydrogen-bond donors (Lipinski definition) is 1. The first-order valence-electron chi connectivity index (χ1n) is 13.2. The quantitative estimate of drug-likeness (QED) is 0.210. The number of ether oxygens (including phenoxy) is 4. The van der Waals surface area contributed by atoms with E-state index in [0.717, 1.165) is 45.6 Å². The molecular formula is C31H37N3O5S. The molecule has 0 bridgehead atoms. The summed E-state index contributed by atoms with van der Waals surface area (Å²) in [6.45, 7) is 7.79. The molecule has 0 saturated heterocycles. The lowest BCUT2D eigenvalue weighted by atomic mass is 10.1. The van der Waals surface area contributed by atoms with Gasteiger partial charge < -0.3 is 28.8 Å². The molecule has 0 fully saturated rings. The Morgan fingerprint density at radius 2 is 1.70 bits per heavy atom. The highest BCUT2D eigenvalue weighted by atomic mass is 32.1. The average Bonchev–Trinajstić information content (AvgIpc) is 3.57. The summed E-state index contributed by atoms with van der Waals surface area (Å²) in [4.78, 5) is 18.0. The summed E-state index contributed by atoms with van der Waals surface area (Å²) >= 11 is 1.54. The molecule has 0 saturated carbocycles. The van der Waals surface area contributed by atoms with Gasteiger partial charge in [0.25, 0.3) is 5.91 Å². The average molecular weight is 564 g/mol. The SMILES string of the molecule is COc1ccc(OCc2nc(-c3cc(C(=O)NCC(C)C)c(C)n3CCc3ccc(OC)c(OC)c3)cs2)cc1. The van der Waals surface area contributed by atoms with Crippen LogP contribution in [0.4, 0.5) is 0 Å². The second-order valence-electron chi connectivity index (χ2n) is 9.81. The monoisotopic (exact) mass is 563 g/mol. The number of hydrogen-bond acceptors (Lipinski definition) is 7. The second kappa shape index (κ2) is 13.4. The highest BCUT2D eigenvalue weighted by molar-refractivity contribution is 7.09. The van der Waals surface area contributed by atoms with Gasteiger partial charge in [-0.2, -0.15) is 0 Å². The molecule has 2 heterocycles. The molecule has 0 radical (unpaired) electrons. The molecule has 0 aliphatic carbocycles. The molecule has 0 aliphatic rings. The maximum absolute atomic E-state index is 13.1. The first-order chi connectivity index (χ1) is 19.3. The van der Waals surface area contributed by atoms with Gasteiger partial charge in [-0.05, 0) is 67.3 Å². The van der Waals surface area contributed by atoms with Gasteiger partial charge in [0.1, 0.15) is 23.1 Å². The summed E-state index contributed by atoms with van der Waals surface area (Å²) in [7, 11) is 4.90. The van der Waals surface area contributed by atoms with Gasteiger partial charge in [0.2, 0.25) is 0 Å². The molecular weight excluding hydrogens is 526 g/mol. The van der Waals surface area contributed by atoms with Crippen LogP contribution in [0.1, 0.15) is 40.5 Å². The second-order valence-corrected chi connectivity index (χ2v) is 10.8. The summed E-state index contributed by atoms with van der Waals surface area (Å²) in [6.07, 6.45) is 0.744. The summed E-state index contributed by atoms with van der Waals surface area (Å²) in [6, 6.07) is 15.4. The zero-order chi connectivity index (χ0) is 28.6. The van der Waals surface area contributed by atoms with E-state index in [-0.39, 0.29) is 5.91 Å². The smallest absolute Gasteiger partial charge is 0.253 e. The van der Waals surface area contributed by atoms with Crippen LogP contribution in [0.25, 0.3) is 11.4 Å². The predicted molar refractivity (Wildman–Crippen MR) is 158 cm³/mol. The van der Waals surface area contributed by atoms with Crippen LogP contribution in [-0.4, -0.2) is 43.3 Å². The van der Waals surface area contributed by atoms with Crippen LogP contribution < -0.4 is 24.3 Å². The van der Waals surface area contributed by atoms with Crippen molar-refractivity contribution in [2.45, 2.75) is 40.3 Å². The molecule has 0 spiro atoms. The highest BCUT2D eigenvalue weighted by Gasteiger charge is 2.20. The van der Waals surface area contributed by atoms with Gasteiger partial charge >= 0.3 is 0 Å². The molecule has 0 aliphatic heterocycles. The van der Waals surface area contributed by atoms with Crippen molar-refractivity contribution in [2.24, 2.45) is 5.92 Å². The van der Waals surface area contributed by atoms with Gasteiger partial charge in [-0.15, -0.1) is 11.3 Å². The van der Waals surface area contributed by atoms with E-state index in [0.29, 0.717) is 42.7 Å². The molecule has 40 heavy (non-hydrogen) atoms. The Morgan fingerprint density at radius 1 is 0.975 bits per heavy atom. The van der Waals surface area contributed by atoms with Crippen molar-refractivity contribution in [3.63, 3.8) is 0 Å². The van der Waals surface area contributed by atoms with Crippen LogP contribution in [0.3, 0.4) is 0 Å². The van der Waals surface area contributed by atoms with Crippen molar-refractivity contribution in [1.82, 2.24) is 14.9 Å². The number of aromatic nitrogens is 2. The molecule has 1 amide bonds. The van der Waals surface area contributed by atoms with E-state index in [1.54, 1.807) is 21.3 Å². The third kappa shape index (κ3) is 6.96. The van der Waals surface area contributed by atoms with Crippen molar-refractivity contribution < 1.29 is 23.7 Å². The van der Waals surface area contributed by atoms with E-state index in [4.69, 9.17) is 23.9 Å². The Hall–Kier alpha value is -3.98. The van der Waals surface area contributed by atoms with Crippen molar-refractivity contribution in [2.75, 3.05) is 27.9 Å². The third-order valence-corrected chi connectivity index (χ3v) is 7.41. The summed E-state index contributed by atoms with van der Waals surface area (Å²) in [5.41, 5.74) is 4.39. The van der Waals surface area contributed by atoms with Crippen molar-refractivity contribution in [3.05, 3.63) is 75.7 Å². The maximum atomic E-state index is 13.1. The molecule has 0 atom stereocenters. The summed E-state index contributed by atoms with van der Waals surface area (Å²) < 4.78 is 24.2. The fourth-order valence-electron chi connectivity index (χ4n) is 4.36. The number of amides is 1. The Labute approximate surface area is 239 Å². The number of nitrogens with zero attached hydrogens (tertiary/aromatic N) is 2. The van der Waals surface area contributed by atoms with E-state index in [9.17, 15) is 4.79 Å². The van der Waals surface area contributed by atoms with Gasteiger partial charge in [-0.25, -0.2) is 4.98 Å². The number of carbonyl (C=O) groups is 1. The third-order valence-electron chi connectivity index (χ3n) is 6.59. The standard InChI is InChI=1S/C31H37N3O5S/c1-20(2)17-32-31(35)25-16-27(26-19-40-30(33-26)18-39-24-10-8-23(36-4)9-11-24)34(21(25)3)14-13-22-7-12-28(37-5)29(15-22)38-6/h7-12,15-16,19-20H,13-14,17-18H2,1-6H3,(H,32,35). The van der Waals surface area contributed by atoms with E-state index < -0.39 is 0 Å². The lowest BCUT2D eigenvalue weighted by Crippen LogP contribution is -2.27. The maximum Gasteiger partial charge on any atom is 0.253 e. The van der Waals surface area contributed by atoms with E-state index in [2.05, 4.69) is 23.7 Å². The molecule has 1 N–H and O–H groups in total. The first kappa shape index (κ1) is 29.0. The van der Waals surface area contributed by atoms with E-state index in [1.165, 1.54) is 11.3 Å². The fourth-order valence-corrected chi connectivity index (χ4v) is 5.06. The number of thiazole rings is 1. The largest absolute Gasteiger partial charge is 0.497 e. The Bertz CT molecular complexity index is 1430. The predicted octanol–water partition coefficient (Wildman–Crippen LogP) is 6.15. The summed E-state index contributed by atoms with van der Waals surface area (Å²) in [5.74, 6) is 3.20. The van der Waals surface area contributed by atoms with Crippen molar-refractivity contribution in [3.8, 4) is 34.4 Å². The van der Waals surface area contributed by atoms with E-state index in [1.807, 2.05) is 60.8 Å². The van der Waals surface area contributed by atoms with Crippen LogP contribution in [-0.2, 0) is 19.6 Å². The van der Waals surface area contributed by atoms with Gasteiger partial charge in [0.05, 0.1) is 38.3 Å². The number of methoxy groups -OCH3 is 3. The minimum Gasteiger partial charge on any atom is -0.497 e. The summed E-state index contributed by atoms with van der Waals surface area (Å²) in [5, 5.41) is 5.92. The number of benzene rings is 2. The van der Waals surface area contributed by atoms with Crippen molar-refractivity contribution >= 4 is 17.2 Å². The molecule has 2 aromatic heterocycles. The van der Waals surface area contributed by atoms with Gasteiger partial charge in [0.15, 0.2) is 11.5 Å².